The Morgan fingerprint density at radius 3 is 2.05 bits per heavy atom. The van der Waals surface area contributed by atoms with Crippen molar-refractivity contribution in [1.82, 2.24) is 0 Å². The Morgan fingerprint density at radius 2 is 1.55 bits per heavy atom. The van der Waals surface area contributed by atoms with Crippen molar-refractivity contribution in [1.29, 1.82) is 0 Å². The fourth-order valence-electron chi connectivity index (χ4n) is 1.74. The number of hydrogen-bond acceptors (Lipinski definition) is 3. The minimum atomic E-state index is -4.65. The van der Waals surface area contributed by atoms with Crippen LogP contribution in [-0.2, 0) is 9.84 Å². The number of rotatable bonds is 4. The maximum Gasteiger partial charge on any atom is 0.341 e. The van der Waals surface area contributed by atoms with E-state index in [0.717, 1.165) is 17.7 Å². The van der Waals surface area contributed by atoms with Gasteiger partial charge in [-0.1, -0.05) is 17.7 Å². The first kappa shape index (κ1) is 16.1. The summed E-state index contributed by atoms with van der Waals surface area (Å²) in [6.07, 6.45) is 0. The SMILES string of the molecule is Cc1ccc(NC(=O)c2ccc(S(=O)(=O)C(F)F)cc2)cc1. The van der Waals surface area contributed by atoms with Crippen molar-refractivity contribution < 1.29 is 22.0 Å². The summed E-state index contributed by atoms with van der Waals surface area (Å²) in [5.74, 6) is -3.94. The molecule has 0 bridgehead atoms. The summed E-state index contributed by atoms with van der Waals surface area (Å²) in [5, 5.41) is 2.63. The van der Waals surface area contributed by atoms with E-state index in [1.807, 2.05) is 19.1 Å². The Morgan fingerprint density at radius 1 is 1.00 bits per heavy atom. The molecule has 0 heterocycles. The van der Waals surface area contributed by atoms with Gasteiger partial charge < -0.3 is 5.32 Å². The summed E-state index contributed by atoms with van der Waals surface area (Å²) < 4.78 is 47.4. The summed E-state index contributed by atoms with van der Waals surface area (Å²) in [6.45, 7) is 1.91. The van der Waals surface area contributed by atoms with Crippen LogP contribution in [0.2, 0.25) is 0 Å². The van der Waals surface area contributed by atoms with E-state index in [2.05, 4.69) is 5.32 Å². The summed E-state index contributed by atoms with van der Waals surface area (Å²) in [6, 6.07) is 11.5. The van der Waals surface area contributed by atoms with E-state index < -0.39 is 26.4 Å². The van der Waals surface area contributed by atoms with Crippen LogP contribution in [0, 0.1) is 6.92 Å². The number of carbonyl (C=O) groups is 1. The Kier molecular flexibility index (Phi) is 4.56. The molecule has 0 aromatic heterocycles. The number of anilines is 1. The van der Waals surface area contributed by atoms with E-state index in [-0.39, 0.29) is 5.56 Å². The number of nitrogens with one attached hydrogen (secondary N) is 1. The first-order valence-corrected chi connectivity index (χ1v) is 7.85. The highest BCUT2D eigenvalue weighted by Crippen LogP contribution is 2.19. The van der Waals surface area contributed by atoms with Crippen LogP contribution < -0.4 is 5.32 Å². The van der Waals surface area contributed by atoms with Crippen molar-refractivity contribution in [3.63, 3.8) is 0 Å². The molecule has 1 N–H and O–H groups in total. The molecule has 0 aliphatic heterocycles. The average molecular weight is 325 g/mol. The van der Waals surface area contributed by atoms with E-state index in [9.17, 15) is 22.0 Å². The van der Waals surface area contributed by atoms with Crippen molar-refractivity contribution in [3.05, 3.63) is 59.7 Å². The zero-order chi connectivity index (χ0) is 16.3. The minimum Gasteiger partial charge on any atom is -0.322 e. The second kappa shape index (κ2) is 6.23. The summed E-state index contributed by atoms with van der Waals surface area (Å²) in [7, 11) is -4.65. The fourth-order valence-corrected chi connectivity index (χ4v) is 2.46. The molecule has 0 unspecified atom stereocenters. The van der Waals surface area contributed by atoms with Gasteiger partial charge in [0.2, 0.25) is 9.84 Å². The number of aryl methyl sites for hydroxylation is 1. The highest BCUT2D eigenvalue weighted by atomic mass is 32.2. The van der Waals surface area contributed by atoms with Gasteiger partial charge in [-0.3, -0.25) is 4.79 Å². The van der Waals surface area contributed by atoms with Crippen molar-refractivity contribution in [3.8, 4) is 0 Å². The van der Waals surface area contributed by atoms with Gasteiger partial charge >= 0.3 is 5.76 Å². The summed E-state index contributed by atoms with van der Waals surface area (Å²) in [5.41, 5.74) is 1.80. The van der Waals surface area contributed by atoms with Crippen LogP contribution in [0.15, 0.2) is 53.4 Å². The van der Waals surface area contributed by atoms with Gasteiger partial charge in [-0.2, -0.15) is 8.78 Å². The molecule has 0 spiro atoms. The van der Waals surface area contributed by atoms with Crippen molar-refractivity contribution in [2.75, 3.05) is 5.32 Å². The van der Waals surface area contributed by atoms with Gasteiger partial charge in [0.05, 0.1) is 4.90 Å². The number of carbonyl (C=O) groups excluding carboxylic acids is 1. The van der Waals surface area contributed by atoms with Crippen LogP contribution in [0.4, 0.5) is 14.5 Å². The lowest BCUT2D eigenvalue weighted by Gasteiger charge is -2.07. The Bertz CT molecular complexity index is 769. The molecule has 22 heavy (non-hydrogen) atoms. The Balaban J connectivity index is 2.16. The molecule has 2 aromatic rings. The van der Waals surface area contributed by atoms with E-state index in [0.29, 0.717) is 5.69 Å². The van der Waals surface area contributed by atoms with Gasteiger partial charge in [0.1, 0.15) is 0 Å². The predicted molar refractivity (Wildman–Crippen MR) is 78.8 cm³/mol. The van der Waals surface area contributed by atoms with E-state index in [1.165, 1.54) is 12.1 Å². The highest BCUT2D eigenvalue weighted by molar-refractivity contribution is 7.91. The van der Waals surface area contributed by atoms with Gasteiger partial charge in [-0.05, 0) is 43.3 Å². The Hall–Kier alpha value is -2.28. The second-order valence-electron chi connectivity index (χ2n) is 4.65. The number of benzene rings is 2. The number of halogens is 2. The van der Waals surface area contributed by atoms with Gasteiger partial charge in [0.25, 0.3) is 5.91 Å². The normalized spacial score (nSPS) is 11.5. The average Bonchev–Trinajstić information content (AvgIpc) is 2.49. The van der Waals surface area contributed by atoms with Gasteiger partial charge in [0.15, 0.2) is 0 Å². The maximum atomic E-state index is 12.4. The minimum absolute atomic E-state index is 0.175. The molecule has 0 radical (unpaired) electrons. The molecule has 0 saturated carbocycles. The van der Waals surface area contributed by atoms with Crippen molar-refractivity contribution in [2.45, 2.75) is 17.6 Å². The van der Waals surface area contributed by atoms with Gasteiger partial charge in [0, 0.05) is 11.3 Å². The van der Waals surface area contributed by atoms with Crippen LogP contribution >= 0.6 is 0 Å². The molecule has 2 aromatic carbocycles. The third-order valence-corrected chi connectivity index (χ3v) is 4.39. The van der Waals surface area contributed by atoms with Crippen LogP contribution in [0.3, 0.4) is 0 Å². The van der Waals surface area contributed by atoms with Crippen molar-refractivity contribution >= 4 is 21.4 Å². The third kappa shape index (κ3) is 3.48. The zero-order valence-electron chi connectivity index (χ0n) is 11.6. The summed E-state index contributed by atoms with van der Waals surface area (Å²) >= 11 is 0. The van der Waals surface area contributed by atoms with E-state index >= 15 is 0 Å². The lowest BCUT2D eigenvalue weighted by Crippen LogP contribution is -2.14. The molecule has 2 rings (SSSR count). The van der Waals surface area contributed by atoms with Crippen LogP contribution in [-0.4, -0.2) is 20.1 Å². The van der Waals surface area contributed by atoms with Gasteiger partial charge in [-0.25, -0.2) is 8.42 Å². The Labute approximate surface area is 126 Å². The lowest BCUT2D eigenvalue weighted by molar-refractivity contribution is 0.102. The third-order valence-electron chi connectivity index (χ3n) is 2.99. The fraction of sp³-hybridized carbons (Fsp3) is 0.133. The first-order chi connectivity index (χ1) is 10.3. The molecule has 0 saturated heterocycles. The molecule has 7 heteroatoms. The van der Waals surface area contributed by atoms with Crippen LogP contribution in [0.1, 0.15) is 15.9 Å². The lowest BCUT2D eigenvalue weighted by atomic mass is 10.2. The van der Waals surface area contributed by atoms with E-state index in [1.54, 1.807) is 12.1 Å². The maximum absolute atomic E-state index is 12.4. The van der Waals surface area contributed by atoms with Gasteiger partial charge in [-0.15, -0.1) is 0 Å². The molecular formula is C15H13F2NO3S. The molecule has 0 aliphatic carbocycles. The number of amides is 1. The topological polar surface area (TPSA) is 63.2 Å². The second-order valence-corrected chi connectivity index (χ2v) is 6.57. The van der Waals surface area contributed by atoms with E-state index in [4.69, 9.17) is 0 Å². The summed E-state index contributed by atoms with van der Waals surface area (Å²) in [4.78, 5) is 11.5. The number of alkyl halides is 2. The zero-order valence-corrected chi connectivity index (χ0v) is 12.4. The monoisotopic (exact) mass is 325 g/mol. The molecule has 0 atom stereocenters. The standard InChI is InChI=1S/C15H13F2NO3S/c1-10-2-6-12(7-3-10)18-14(19)11-4-8-13(9-5-11)22(20,21)15(16)17/h2-9,15H,1H3,(H,18,19). The molecular weight excluding hydrogens is 312 g/mol. The largest absolute Gasteiger partial charge is 0.341 e. The molecule has 116 valence electrons. The predicted octanol–water partition coefficient (Wildman–Crippen LogP) is 3.24. The molecule has 1 amide bonds. The molecule has 0 fully saturated rings. The van der Waals surface area contributed by atoms with Crippen molar-refractivity contribution in [2.24, 2.45) is 0 Å². The van der Waals surface area contributed by atoms with Crippen LogP contribution in [0.5, 0.6) is 0 Å². The number of sulfone groups is 1. The first-order valence-electron chi connectivity index (χ1n) is 6.31. The van der Waals surface area contributed by atoms with Crippen LogP contribution in [0.25, 0.3) is 0 Å². The number of hydrogen-bond donors (Lipinski definition) is 1. The quantitative estimate of drug-likeness (QED) is 0.938. The molecule has 0 aliphatic rings. The molecule has 4 nitrogen and oxygen atoms in total. The smallest absolute Gasteiger partial charge is 0.322 e. The highest BCUT2D eigenvalue weighted by Gasteiger charge is 2.26.